The topological polar surface area (TPSA) is 106 Å². The Labute approximate surface area is 97.4 Å². The summed E-state index contributed by atoms with van der Waals surface area (Å²) in [5, 5.41) is -0.216. The van der Waals surface area contributed by atoms with Crippen LogP contribution in [0.3, 0.4) is 0 Å². The summed E-state index contributed by atoms with van der Waals surface area (Å²) < 4.78 is 24.2. The number of amides is 1. The third-order valence-electron chi connectivity index (χ3n) is 2.17. The average Bonchev–Trinajstić information content (AvgIpc) is 2.83. The second kappa shape index (κ2) is 4.02. The summed E-state index contributed by atoms with van der Waals surface area (Å²) in [6.07, 6.45) is 2.71. The van der Waals surface area contributed by atoms with E-state index >= 15 is 0 Å². The van der Waals surface area contributed by atoms with Crippen LogP contribution in [0.4, 0.5) is 0 Å². The molecule has 0 aliphatic carbocycles. The Morgan fingerprint density at radius 1 is 1.29 bits per heavy atom. The molecule has 1 heterocycles. The zero-order valence-electron chi connectivity index (χ0n) is 8.62. The molecule has 6 nitrogen and oxygen atoms in total. The van der Waals surface area contributed by atoms with Crippen LogP contribution in [0, 0.1) is 0 Å². The van der Waals surface area contributed by atoms with E-state index in [1.807, 2.05) is 0 Å². The third kappa shape index (κ3) is 1.92. The average molecular weight is 251 g/mol. The molecule has 88 valence electrons. The fourth-order valence-corrected chi connectivity index (χ4v) is 2.75. The number of sulfone groups is 1. The van der Waals surface area contributed by atoms with Crippen molar-refractivity contribution in [3.63, 3.8) is 0 Å². The molecule has 0 saturated carbocycles. The molecule has 0 atom stereocenters. The lowest BCUT2D eigenvalue weighted by molar-refractivity contribution is 0.0997. The van der Waals surface area contributed by atoms with E-state index in [0.717, 1.165) is 0 Å². The Kier molecular flexibility index (Phi) is 2.68. The van der Waals surface area contributed by atoms with Gasteiger partial charge in [-0.05, 0) is 12.1 Å². The summed E-state index contributed by atoms with van der Waals surface area (Å²) in [6.45, 7) is 0. The Balaban J connectivity index is 2.67. The lowest BCUT2D eigenvalue weighted by Gasteiger charge is -2.05. The summed E-state index contributed by atoms with van der Waals surface area (Å²) >= 11 is 0. The van der Waals surface area contributed by atoms with Gasteiger partial charge in [-0.1, -0.05) is 12.1 Å². The number of aromatic amines is 1. The first-order chi connectivity index (χ1) is 8.03. The second-order valence-electron chi connectivity index (χ2n) is 3.26. The highest BCUT2D eigenvalue weighted by molar-refractivity contribution is 7.91. The summed E-state index contributed by atoms with van der Waals surface area (Å²) in [5.74, 6) is -0.796. The van der Waals surface area contributed by atoms with E-state index in [1.165, 1.54) is 30.6 Å². The van der Waals surface area contributed by atoms with Crippen molar-refractivity contribution in [3.05, 3.63) is 42.2 Å². The van der Waals surface area contributed by atoms with Crippen LogP contribution in [0.1, 0.15) is 10.4 Å². The van der Waals surface area contributed by atoms with Crippen LogP contribution in [0.15, 0.2) is 46.7 Å². The molecule has 1 aromatic heterocycles. The zero-order chi connectivity index (χ0) is 12.5. The fraction of sp³-hybridized carbons (Fsp3) is 0. The monoisotopic (exact) mass is 251 g/mol. The molecule has 0 bridgehead atoms. The number of H-pyrrole nitrogens is 1. The van der Waals surface area contributed by atoms with Gasteiger partial charge in [0, 0.05) is 12.4 Å². The lowest BCUT2D eigenvalue weighted by Crippen LogP contribution is -2.16. The van der Waals surface area contributed by atoms with Gasteiger partial charge in [0.05, 0.1) is 10.5 Å². The van der Waals surface area contributed by atoms with Crippen molar-refractivity contribution in [2.24, 2.45) is 5.73 Å². The highest BCUT2D eigenvalue weighted by atomic mass is 32.2. The third-order valence-corrected chi connectivity index (χ3v) is 3.84. The molecule has 0 spiro atoms. The summed E-state index contributed by atoms with van der Waals surface area (Å²) in [7, 11) is -3.84. The number of benzene rings is 1. The molecular formula is C10H9N3O3S. The normalized spacial score (nSPS) is 11.3. The van der Waals surface area contributed by atoms with Gasteiger partial charge in [-0.3, -0.25) is 4.79 Å². The number of nitrogens with one attached hydrogen (secondary N) is 1. The Bertz CT molecular complexity index is 647. The van der Waals surface area contributed by atoms with Crippen LogP contribution in [-0.2, 0) is 9.84 Å². The summed E-state index contributed by atoms with van der Waals surface area (Å²) in [4.78, 5) is 17.2. The van der Waals surface area contributed by atoms with Crippen molar-refractivity contribution in [1.82, 2.24) is 9.97 Å². The Morgan fingerprint density at radius 2 is 2.00 bits per heavy atom. The van der Waals surface area contributed by atoms with Crippen LogP contribution in [-0.4, -0.2) is 24.3 Å². The van der Waals surface area contributed by atoms with Crippen molar-refractivity contribution < 1.29 is 13.2 Å². The first-order valence-electron chi connectivity index (χ1n) is 4.67. The number of primary amides is 1. The zero-order valence-corrected chi connectivity index (χ0v) is 9.44. The Morgan fingerprint density at radius 3 is 2.59 bits per heavy atom. The number of hydrogen-bond acceptors (Lipinski definition) is 4. The standard InChI is InChI=1S/C10H9N3O3S/c11-9(14)7-3-1-2-4-8(7)17(15,16)10-12-5-6-13-10/h1-6H,(H2,11,14)(H,12,13). The minimum atomic E-state index is -3.84. The number of aromatic nitrogens is 2. The maximum absolute atomic E-state index is 12.1. The van der Waals surface area contributed by atoms with E-state index < -0.39 is 15.7 Å². The largest absolute Gasteiger partial charge is 0.366 e. The van der Waals surface area contributed by atoms with Crippen LogP contribution >= 0.6 is 0 Å². The molecule has 0 aliphatic heterocycles. The number of nitrogens with two attached hydrogens (primary N) is 1. The van der Waals surface area contributed by atoms with E-state index in [0.29, 0.717) is 0 Å². The minimum absolute atomic E-state index is 0.0519. The van der Waals surface area contributed by atoms with Gasteiger partial charge in [-0.2, -0.15) is 0 Å². The van der Waals surface area contributed by atoms with E-state index in [4.69, 9.17) is 5.73 Å². The van der Waals surface area contributed by atoms with Gasteiger partial charge in [-0.15, -0.1) is 0 Å². The van der Waals surface area contributed by atoms with E-state index in [2.05, 4.69) is 9.97 Å². The van der Waals surface area contributed by atoms with Crippen LogP contribution in [0.2, 0.25) is 0 Å². The molecule has 0 saturated heterocycles. The fourth-order valence-electron chi connectivity index (χ4n) is 1.41. The molecule has 0 aliphatic rings. The van der Waals surface area contributed by atoms with Gasteiger partial charge in [0.2, 0.25) is 20.9 Å². The predicted molar refractivity (Wildman–Crippen MR) is 59.0 cm³/mol. The number of rotatable bonds is 3. The smallest absolute Gasteiger partial charge is 0.250 e. The van der Waals surface area contributed by atoms with Crippen molar-refractivity contribution >= 4 is 15.7 Å². The van der Waals surface area contributed by atoms with Crippen molar-refractivity contribution in [2.45, 2.75) is 10.1 Å². The predicted octanol–water partition coefficient (Wildman–Crippen LogP) is 0.341. The number of carbonyl (C=O) groups excluding carboxylic acids is 1. The quantitative estimate of drug-likeness (QED) is 0.820. The van der Waals surface area contributed by atoms with Crippen molar-refractivity contribution in [3.8, 4) is 0 Å². The molecule has 7 heteroatoms. The number of imidazole rings is 1. The van der Waals surface area contributed by atoms with Crippen molar-refractivity contribution in [1.29, 1.82) is 0 Å². The van der Waals surface area contributed by atoms with Gasteiger partial charge < -0.3 is 10.7 Å². The van der Waals surface area contributed by atoms with Crippen LogP contribution < -0.4 is 5.73 Å². The van der Waals surface area contributed by atoms with Gasteiger partial charge in [0.1, 0.15) is 0 Å². The highest BCUT2D eigenvalue weighted by Gasteiger charge is 2.24. The second-order valence-corrected chi connectivity index (χ2v) is 5.09. The SMILES string of the molecule is NC(=O)c1ccccc1S(=O)(=O)c1ncc[nH]1. The summed E-state index contributed by atoms with van der Waals surface area (Å²) in [5.41, 5.74) is 5.08. The molecule has 2 aromatic rings. The molecule has 0 unspecified atom stereocenters. The van der Waals surface area contributed by atoms with E-state index in [-0.39, 0.29) is 15.6 Å². The van der Waals surface area contributed by atoms with E-state index in [9.17, 15) is 13.2 Å². The lowest BCUT2D eigenvalue weighted by atomic mass is 10.2. The van der Waals surface area contributed by atoms with Crippen LogP contribution in [0.5, 0.6) is 0 Å². The highest BCUT2D eigenvalue weighted by Crippen LogP contribution is 2.20. The van der Waals surface area contributed by atoms with E-state index in [1.54, 1.807) is 6.07 Å². The number of nitrogens with zero attached hydrogens (tertiary/aromatic N) is 1. The molecule has 2 rings (SSSR count). The number of carbonyl (C=O) groups is 1. The minimum Gasteiger partial charge on any atom is -0.366 e. The first-order valence-corrected chi connectivity index (χ1v) is 6.15. The van der Waals surface area contributed by atoms with Gasteiger partial charge in [0.15, 0.2) is 0 Å². The van der Waals surface area contributed by atoms with Gasteiger partial charge >= 0.3 is 0 Å². The molecule has 17 heavy (non-hydrogen) atoms. The van der Waals surface area contributed by atoms with Gasteiger partial charge in [0.25, 0.3) is 0 Å². The van der Waals surface area contributed by atoms with Gasteiger partial charge in [-0.25, -0.2) is 13.4 Å². The van der Waals surface area contributed by atoms with Crippen LogP contribution in [0.25, 0.3) is 0 Å². The maximum atomic E-state index is 12.1. The summed E-state index contributed by atoms with van der Waals surface area (Å²) in [6, 6.07) is 5.74. The first kappa shape index (κ1) is 11.3. The number of hydrogen-bond donors (Lipinski definition) is 2. The van der Waals surface area contributed by atoms with Crippen molar-refractivity contribution in [2.75, 3.05) is 0 Å². The molecule has 1 aromatic carbocycles. The maximum Gasteiger partial charge on any atom is 0.250 e. The molecular weight excluding hydrogens is 242 g/mol. The molecule has 0 fully saturated rings. The molecule has 1 amide bonds. The molecule has 3 N–H and O–H groups in total. The Hall–Kier alpha value is -2.15. The molecule has 0 radical (unpaired) electrons.